The summed E-state index contributed by atoms with van der Waals surface area (Å²) >= 11 is 0. The van der Waals surface area contributed by atoms with Gasteiger partial charge in [-0.2, -0.15) is 0 Å². The van der Waals surface area contributed by atoms with Crippen molar-refractivity contribution >= 4 is 11.8 Å². The second kappa shape index (κ2) is 7.37. The van der Waals surface area contributed by atoms with Gasteiger partial charge in [0.2, 0.25) is 5.91 Å². The molecule has 1 aromatic carbocycles. The lowest BCUT2D eigenvalue weighted by molar-refractivity contribution is -0.137. The van der Waals surface area contributed by atoms with E-state index in [1.54, 1.807) is 0 Å². The summed E-state index contributed by atoms with van der Waals surface area (Å²) in [6, 6.07) is 6.00. The first-order valence-corrected chi connectivity index (χ1v) is 9.21. The molecule has 0 atom stereocenters. The summed E-state index contributed by atoms with van der Waals surface area (Å²) in [7, 11) is 0. The molecule has 1 aromatic rings. The van der Waals surface area contributed by atoms with Crippen LogP contribution in [0.4, 0.5) is 0 Å². The monoisotopic (exact) mass is 328 g/mol. The highest BCUT2D eigenvalue weighted by Gasteiger charge is 2.31. The summed E-state index contributed by atoms with van der Waals surface area (Å²) in [5, 5.41) is 0. The first kappa shape index (κ1) is 17.0. The molecule has 24 heavy (non-hydrogen) atoms. The minimum atomic E-state index is 0.102. The average molecular weight is 328 g/mol. The topological polar surface area (TPSA) is 40.6 Å². The van der Waals surface area contributed by atoms with Crippen molar-refractivity contribution in [3.63, 3.8) is 0 Å². The van der Waals surface area contributed by atoms with E-state index in [4.69, 9.17) is 0 Å². The molecule has 0 aromatic heterocycles. The van der Waals surface area contributed by atoms with Crippen LogP contribution in [0.3, 0.4) is 0 Å². The van der Waals surface area contributed by atoms with E-state index in [0.717, 1.165) is 55.5 Å². The van der Waals surface area contributed by atoms with Crippen LogP contribution in [0, 0.1) is 19.8 Å². The third-order valence-corrected chi connectivity index (χ3v) is 5.27. The number of nitrogens with zero attached hydrogens (tertiary/aromatic N) is 2. The predicted octanol–water partition coefficient (Wildman–Crippen LogP) is 3.17. The third-order valence-electron chi connectivity index (χ3n) is 5.27. The molecule has 2 amide bonds. The van der Waals surface area contributed by atoms with Gasteiger partial charge in [-0.1, -0.05) is 17.2 Å². The predicted molar refractivity (Wildman–Crippen MR) is 95.0 cm³/mol. The molecular weight excluding hydrogens is 300 g/mol. The summed E-state index contributed by atoms with van der Waals surface area (Å²) in [5.41, 5.74) is 3.01. The number of aryl methyl sites for hydroxylation is 2. The van der Waals surface area contributed by atoms with E-state index in [2.05, 4.69) is 6.07 Å². The molecule has 3 rings (SSSR count). The summed E-state index contributed by atoms with van der Waals surface area (Å²) in [6.07, 6.45) is 5.11. The van der Waals surface area contributed by atoms with Crippen LogP contribution in [0.1, 0.15) is 53.6 Å². The number of amides is 2. The van der Waals surface area contributed by atoms with Gasteiger partial charge in [-0.15, -0.1) is 0 Å². The smallest absolute Gasteiger partial charge is 0.253 e. The second-order valence-electron chi connectivity index (χ2n) is 7.33. The van der Waals surface area contributed by atoms with Crippen LogP contribution in [0.2, 0.25) is 0 Å². The van der Waals surface area contributed by atoms with Gasteiger partial charge in [-0.25, -0.2) is 0 Å². The largest absolute Gasteiger partial charge is 0.342 e. The van der Waals surface area contributed by atoms with Crippen molar-refractivity contribution in [2.24, 2.45) is 5.92 Å². The Kier molecular flexibility index (Phi) is 5.22. The molecule has 2 saturated heterocycles. The van der Waals surface area contributed by atoms with Crippen LogP contribution in [0.15, 0.2) is 18.2 Å². The van der Waals surface area contributed by atoms with Crippen LogP contribution >= 0.6 is 0 Å². The molecule has 4 heteroatoms. The van der Waals surface area contributed by atoms with Crippen LogP contribution < -0.4 is 0 Å². The summed E-state index contributed by atoms with van der Waals surface area (Å²) in [4.78, 5) is 29.3. The minimum absolute atomic E-state index is 0.102. The van der Waals surface area contributed by atoms with Gasteiger partial charge in [-0.05, 0) is 58.1 Å². The van der Waals surface area contributed by atoms with Crippen molar-refractivity contribution in [3.8, 4) is 0 Å². The van der Waals surface area contributed by atoms with Crippen molar-refractivity contribution in [3.05, 3.63) is 34.9 Å². The highest BCUT2D eigenvalue weighted by molar-refractivity contribution is 5.94. The molecule has 2 aliphatic rings. The Hall–Kier alpha value is -1.84. The maximum absolute atomic E-state index is 12.7. The maximum Gasteiger partial charge on any atom is 0.253 e. The number of carbonyl (C=O) groups is 2. The number of piperidine rings is 2. The van der Waals surface area contributed by atoms with Gasteiger partial charge in [-0.3, -0.25) is 9.59 Å². The molecule has 0 unspecified atom stereocenters. The lowest BCUT2D eigenvalue weighted by Crippen LogP contribution is -2.45. The molecular formula is C20H28N2O2. The standard InChI is InChI=1S/C20H28N2O2/c1-15-12-16(2)14-18(13-15)20(24)22-10-6-17(7-11-22)19(23)21-8-4-3-5-9-21/h12-14,17H,3-11H2,1-2H3. The Morgan fingerprint density at radius 2 is 1.42 bits per heavy atom. The van der Waals surface area contributed by atoms with Crippen LogP contribution in [0.25, 0.3) is 0 Å². The number of likely N-dealkylation sites (tertiary alicyclic amines) is 2. The fourth-order valence-corrected chi connectivity index (χ4v) is 3.98. The van der Waals surface area contributed by atoms with Gasteiger partial charge >= 0.3 is 0 Å². The highest BCUT2D eigenvalue weighted by Crippen LogP contribution is 2.23. The van der Waals surface area contributed by atoms with Gasteiger partial charge in [0.1, 0.15) is 0 Å². The molecule has 130 valence electrons. The summed E-state index contributed by atoms with van der Waals surface area (Å²) < 4.78 is 0. The Bertz CT molecular complexity index is 592. The number of hydrogen-bond donors (Lipinski definition) is 0. The van der Waals surface area contributed by atoms with E-state index in [1.165, 1.54) is 6.42 Å². The molecule has 0 radical (unpaired) electrons. The third kappa shape index (κ3) is 3.80. The molecule has 2 aliphatic heterocycles. The lowest BCUT2D eigenvalue weighted by Gasteiger charge is -2.35. The molecule has 0 bridgehead atoms. The second-order valence-corrected chi connectivity index (χ2v) is 7.33. The fraction of sp³-hybridized carbons (Fsp3) is 0.600. The van der Waals surface area contributed by atoms with E-state index in [9.17, 15) is 9.59 Å². The number of carbonyl (C=O) groups excluding carboxylic acids is 2. The number of hydrogen-bond acceptors (Lipinski definition) is 2. The van der Waals surface area contributed by atoms with Gasteiger partial charge in [0.25, 0.3) is 5.91 Å². The molecule has 0 aliphatic carbocycles. The Morgan fingerprint density at radius 3 is 2.00 bits per heavy atom. The molecule has 2 heterocycles. The SMILES string of the molecule is Cc1cc(C)cc(C(=O)N2CCC(C(=O)N3CCCCC3)CC2)c1. The zero-order valence-electron chi connectivity index (χ0n) is 14.9. The van der Waals surface area contributed by atoms with Gasteiger partial charge in [0.05, 0.1) is 0 Å². The Balaban J connectivity index is 1.58. The lowest BCUT2D eigenvalue weighted by atomic mass is 9.93. The van der Waals surface area contributed by atoms with Crippen molar-refractivity contribution in [1.29, 1.82) is 0 Å². The van der Waals surface area contributed by atoms with Crippen molar-refractivity contribution in [2.45, 2.75) is 46.0 Å². The number of benzene rings is 1. The zero-order valence-corrected chi connectivity index (χ0v) is 14.9. The maximum atomic E-state index is 12.7. The van der Waals surface area contributed by atoms with Crippen molar-refractivity contribution in [1.82, 2.24) is 9.80 Å². The zero-order chi connectivity index (χ0) is 17.1. The van der Waals surface area contributed by atoms with Crippen LogP contribution in [-0.2, 0) is 4.79 Å². The molecule has 0 spiro atoms. The molecule has 2 fully saturated rings. The number of rotatable bonds is 2. The van der Waals surface area contributed by atoms with E-state index in [0.29, 0.717) is 19.0 Å². The van der Waals surface area contributed by atoms with E-state index < -0.39 is 0 Å². The first-order valence-electron chi connectivity index (χ1n) is 9.21. The van der Waals surface area contributed by atoms with Gasteiger partial charge < -0.3 is 9.80 Å². The van der Waals surface area contributed by atoms with Crippen molar-refractivity contribution in [2.75, 3.05) is 26.2 Å². The summed E-state index contributed by atoms with van der Waals surface area (Å²) in [5.74, 6) is 0.519. The van der Waals surface area contributed by atoms with E-state index in [-0.39, 0.29) is 11.8 Å². The minimum Gasteiger partial charge on any atom is -0.342 e. The Morgan fingerprint density at radius 1 is 0.833 bits per heavy atom. The highest BCUT2D eigenvalue weighted by atomic mass is 16.2. The molecule has 0 N–H and O–H groups in total. The average Bonchev–Trinajstić information content (AvgIpc) is 2.60. The first-order chi connectivity index (χ1) is 11.5. The normalized spacial score (nSPS) is 19.4. The fourth-order valence-electron chi connectivity index (χ4n) is 3.98. The van der Waals surface area contributed by atoms with E-state index >= 15 is 0 Å². The van der Waals surface area contributed by atoms with Crippen LogP contribution in [-0.4, -0.2) is 47.8 Å². The molecule has 4 nitrogen and oxygen atoms in total. The van der Waals surface area contributed by atoms with Crippen LogP contribution in [0.5, 0.6) is 0 Å². The molecule has 0 saturated carbocycles. The quantitative estimate of drug-likeness (QED) is 0.837. The Labute approximate surface area is 144 Å². The van der Waals surface area contributed by atoms with Gasteiger partial charge in [0.15, 0.2) is 0 Å². The summed E-state index contributed by atoms with van der Waals surface area (Å²) in [6.45, 7) is 7.26. The van der Waals surface area contributed by atoms with E-state index in [1.807, 2.05) is 35.8 Å². The van der Waals surface area contributed by atoms with Crippen molar-refractivity contribution < 1.29 is 9.59 Å². The van der Waals surface area contributed by atoms with Gasteiger partial charge in [0, 0.05) is 37.7 Å².